The van der Waals surface area contributed by atoms with Crippen molar-refractivity contribution in [2.24, 2.45) is 0 Å². The summed E-state index contributed by atoms with van der Waals surface area (Å²) in [5, 5.41) is 13.7. The number of nitro groups is 1. The maximum absolute atomic E-state index is 11.4. The summed E-state index contributed by atoms with van der Waals surface area (Å²) in [5.74, 6) is -0.0706. The van der Waals surface area contributed by atoms with E-state index >= 15 is 0 Å². The van der Waals surface area contributed by atoms with E-state index in [0.29, 0.717) is 5.69 Å². The summed E-state index contributed by atoms with van der Waals surface area (Å²) in [6.07, 6.45) is 1.13. The molecule has 1 aromatic heterocycles. The first-order chi connectivity index (χ1) is 8.97. The molecule has 0 aliphatic carbocycles. The summed E-state index contributed by atoms with van der Waals surface area (Å²) in [5.41, 5.74) is 1.29. The van der Waals surface area contributed by atoms with Crippen molar-refractivity contribution in [3.05, 3.63) is 56.1 Å². The first-order valence-electron chi connectivity index (χ1n) is 5.55. The maximum atomic E-state index is 11.4. The number of aryl methyl sites for hydroxylation is 2. The Bertz CT molecular complexity index is 673. The fraction of sp³-hybridized carbons (Fsp3) is 0.167. The Morgan fingerprint density at radius 3 is 2.47 bits per heavy atom. The first kappa shape index (κ1) is 12.7. The zero-order valence-corrected chi connectivity index (χ0v) is 10.4. The van der Waals surface area contributed by atoms with Gasteiger partial charge in [-0.25, -0.2) is 4.98 Å². The lowest BCUT2D eigenvalue weighted by molar-refractivity contribution is -0.385. The van der Waals surface area contributed by atoms with Crippen LogP contribution in [0.15, 0.2) is 29.3 Å². The van der Waals surface area contributed by atoms with Gasteiger partial charge in [0.15, 0.2) is 0 Å². The van der Waals surface area contributed by atoms with Crippen LogP contribution in [0.1, 0.15) is 11.1 Å². The van der Waals surface area contributed by atoms with E-state index in [2.05, 4.69) is 15.3 Å². The molecule has 0 amide bonds. The number of hydrogen-bond acceptors (Lipinski definition) is 5. The fourth-order valence-electron chi connectivity index (χ4n) is 1.84. The van der Waals surface area contributed by atoms with Gasteiger partial charge in [-0.1, -0.05) is 6.07 Å². The zero-order valence-electron chi connectivity index (χ0n) is 10.4. The molecule has 0 bridgehead atoms. The van der Waals surface area contributed by atoms with E-state index in [-0.39, 0.29) is 5.82 Å². The summed E-state index contributed by atoms with van der Waals surface area (Å²) in [6, 6.07) is 5.62. The number of rotatable bonds is 3. The molecule has 19 heavy (non-hydrogen) atoms. The standard InChI is InChI=1S/C12H12N4O3/c1-7-3-8(2)5-9(4-7)15-11-10(16(18)19)12(17)14-6-13-11/h3-6H,1-2H3,(H2,13,14,15,17). The van der Waals surface area contributed by atoms with Crippen LogP contribution in [0, 0.1) is 24.0 Å². The number of nitrogens with one attached hydrogen (secondary N) is 2. The minimum absolute atomic E-state index is 0.0706. The Hall–Kier alpha value is -2.70. The molecular formula is C12H12N4O3. The minimum atomic E-state index is -0.785. The number of hydrogen-bond donors (Lipinski definition) is 2. The van der Waals surface area contributed by atoms with Crippen molar-refractivity contribution in [3.8, 4) is 0 Å². The van der Waals surface area contributed by atoms with Crippen molar-refractivity contribution in [3.63, 3.8) is 0 Å². The SMILES string of the molecule is Cc1cc(C)cc(Nc2nc[nH]c(=O)c2[N+](=O)[O-])c1. The van der Waals surface area contributed by atoms with Crippen molar-refractivity contribution >= 4 is 17.2 Å². The first-order valence-corrected chi connectivity index (χ1v) is 5.55. The highest BCUT2D eigenvalue weighted by Gasteiger charge is 2.20. The molecule has 0 aliphatic rings. The fourth-order valence-corrected chi connectivity index (χ4v) is 1.84. The predicted molar refractivity (Wildman–Crippen MR) is 70.7 cm³/mol. The largest absolute Gasteiger partial charge is 0.376 e. The average molecular weight is 260 g/mol. The van der Waals surface area contributed by atoms with E-state index in [1.54, 1.807) is 0 Å². The molecule has 1 aromatic carbocycles. The molecule has 2 N–H and O–H groups in total. The van der Waals surface area contributed by atoms with Crippen LogP contribution >= 0.6 is 0 Å². The molecule has 0 saturated heterocycles. The Morgan fingerprint density at radius 1 is 1.26 bits per heavy atom. The van der Waals surface area contributed by atoms with Crippen LogP contribution < -0.4 is 10.9 Å². The second-order valence-corrected chi connectivity index (χ2v) is 4.19. The van der Waals surface area contributed by atoms with Gasteiger partial charge in [-0.05, 0) is 37.1 Å². The van der Waals surface area contributed by atoms with Gasteiger partial charge in [0.2, 0.25) is 5.82 Å². The summed E-state index contributed by atoms with van der Waals surface area (Å²) in [7, 11) is 0. The molecule has 0 unspecified atom stereocenters. The van der Waals surface area contributed by atoms with Crippen LogP contribution in [0.2, 0.25) is 0 Å². The highest BCUT2D eigenvalue weighted by Crippen LogP contribution is 2.22. The van der Waals surface area contributed by atoms with E-state index in [0.717, 1.165) is 17.5 Å². The highest BCUT2D eigenvalue weighted by molar-refractivity contribution is 5.65. The molecule has 7 heteroatoms. The summed E-state index contributed by atoms with van der Waals surface area (Å²) >= 11 is 0. The summed E-state index contributed by atoms with van der Waals surface area (Å²) in [4.78, 5) is 27.5. The molecule has 0 atom stereocenters. The molecule has 0 radical (unpaired) electrons. The third-order valence-electron chi connectivity index (χ3n) is 2.50. The zero-order chi connectivity index (χ0) is 14.0. The van der Waals surface area contributed by atoms with Crippen molar-refractivity contribution in [2.45, 2.75) is 13.8 Å². The molecular weight excluding hydrogens is 248 g/mol. The molecule has 0 saturated carbocycles. The molecule has 98 valence electrons. The monoisotopic (exact) mass is 260 g/mol. The number of aromatic amines is 1. The molecule has 2 rings (SSSR count). The van der Waals surface area contributed by atoms with Crippen LogP contribution in [0.4, 0.5) is 17.2 Å². The summed E-state index contributed by atoms with van der Waals surface area (Å²) < 4.78 is 0. The van der Waals surface area contributed by atoms with Crippen LogP contribution in [0.25, 0.3) is 0 Å². The van der Waals surface area contributed by atoms with Gasteiger partial charge in [0, 0.05) is 5.69 Å². The van der Waals surface area contributed by atoms with E-state index in [9.17, 15) is 14.9 Å². The van der Waals surface area contributed by atoms with Crippen LogP contribution in [0.3, 0.4) is 0 Å². The van der Waals surface area contributed by atoms with Gasteiger partial charge in [0.05, 0.1) is 11.3 Å². The lowest BCUT2D eigenvalue weighted by atomic mass is 10.1. The van der Waals surface area contributed by atoms with Crippen molar-refractivity contribution in [1.82, 2.24) is 9.97 Å². The van der Waals surface area contributed by atoms with E-state index in [4.69, 9.17) is 0 Å². The van der Waals surface area contributed by atoms with E-state index < -0.39 is 16.2 Å². The van der Waals surface area contributed by atoms with Gasteiger partial charge >= 0.3 is 11.2 Å². The van der Waals surface area contributed by atoms with Gasteiger partial charge in [0.25, 0.3) is 0 Å². The molecule has 7 nitrogen and oxygen atoms in total. The smallest absolute Gasteiger partial charge is 0.334 e. The topological polar surface area (TPSA) is 101 Å². The van der Waals surface area contributed by atoms with Gasteiger partial charge in [-0.2, -0.15) is 0 Å². The van der Waals surface area contributed by atoms with Crippen molar-refractivity contribution < 1.29 is 4.92 Å². The molecule has 0 aliphatic heterocycles. The third kappa shape index (κ3) is 2.76. The Morgan fingerprint density at radius 2 is 1.89 bits per heavy atom. The minimum Gasteiger partial charge on any atom is -0.334 e. The molecule has 1 heterocycles. The van der Waals surface area contributed by atoms with Crippen LogP contribution in [0.5, 0.6) is 0 Å². The van der Waals surface area contributed by atoms with E-state index in [1.807, 2.05) is 32.0 Å². The van der Waals surface area contributed by atoms with Crippen molar-refractivity contribution in [1.29, 1.82) is 0 Å². The lowest BCUT2D eigenvalue weighted by Crippen LogP contribution is -2.14. The second-order valence-electron chi connectivity index (χ2n) is 4.19. The van der Waals surface area contributed by atoms with Gasteiger partial charge < -0.3 is 10.3 Å². The Balaban J connectivity index is 2.46. The van der Waals surface area contributed by atoms with Crippen LogP contribution in [-0.2, 0) is 0 Å². The van der Waals surface area contributed by atoms with Crippen molar-refractivity contribution in [2.75, 3.05) is 5.32 Å². The summed E-state index contributed by atoms with van der Waals surface area (Å²) in [6.45, 7) is 3.83. The predicted octanol–water partition coefficient (Wildman–Crippen LogP) is 2.04. The normalized spacial score (nSPS) is 10.2. The molecule has 2 aromatic rings. The maximum Gasteiger partial charge on any atom is 0.376 e. The highest BCUT2D eigenvalue weighted by atomic mass is 16.6. The molecule has 0 spiro atoms. The number of H-pyrrole nitrogens is 1. The van der Waals surface area contributed by atoms with Crippen LogP contribution in [-0.4, -0.2) is 14.9 Å². The molecule has 0 fully saturated rings. The van der Waals surface area contributed by atoms with E-state index in [1.165, 1.54) is 0 Å². The van der Waals surface area contributed by atoms with Gasteiger partial charge in [0.1, 0.15) is 0 Å². The average Bonchev–Trinajstić information content (AvgIpc) is 2.26. The Kier molecular flexibility index (Phi) is 3.28. The number of nitrogens with zero attached hydrogens (tertiary/aromatic N) is 2. The number of aromatic nitrogens is 2. The quantitative estimate of drug-likeness (QED) is 0.649. The second kappa shape index (κ2) is 4.89. The number of benzene rings is 1. The van der Waals surface area contributed by atoms with Gasteiger partial charge in [-0.15, -0.1) is 0 Å². The lowest BCUT2D eigenvalue weighted by Gasteiger charge is -2.07. The third-order valence-corrected chi connectivity index (χ3v) is 2.50. The number of anilines is 2. The van der Waals surface area contributed by atoms with Gasteiger partial charge in [-0.3, -0.25) is 14.9 Å². The Labute approximate surface area is 108 Å².